The first-order chi connectivity index (χ1) is 8.66. The maximum Gasteiger partial charge on any atom is 0.356 e. The van der Waals surface area contributed by atoms with Crippen LogP contribution < -0.4 is 5.43 Å². The number of carboxylic acids is 1. The Kier molecular flexibility index (Phi) is 3.80. The molecule has 2 aromatic rings. The van der Waals surface area contributed by atoms with Gasteiger partial charge in [0.15, 0.2) is 9.67 Å². The van der Waals surface area contributed by atoms with Gasteiger partial charge in [0.25, 0.3) is 0 Å². The van der Waals surface area contributed by atoms with Gasteiger partial charge in [0.1, 0.15) is 0 Å². The van der Waals surface area contributed by atoms with Crippen LogP contribution in [0, 0.1) is 3.95 Å². The van der Waals surface area contributed by atoms with Crippen LogP contribution in [0.2, 0.25) is 0 Å². The average molecular weight is 280 g/mol. The second-order valence-corrected chi connectivity index (χ2v) is 4.83. The highest BCUT2D eigenvalue weighted by atomic mass is 32.1. The van der Waals surface area contributed by atoms with E-state index in [2.05, 4.69) is 20.7 Å². The number of hydrogen-bond acceptors (Lipinski definition) is 6. The summed E-state index contributed by atoms with van der Waals surface area (Å²) in [5, 5.41) is 19.7. The van der Waals surface area contributed by atoms with Crippen LogP contribution in [0.5, 0.6) is 0 Å². The van der Waals surface area contributed by atoms with E-state index >= 15 is 0 Å². The van der Waals surface area contributed by atoms with Gasteiger partial charge in [-0.05, 0) is 12.2 Å². The molecule has 8 heteroatoms. The monoisotopic (exact) mass is 280 g/mol. The Morgan fingerprint density at radius 1 is 1.44 bits per heavy atom. The molecule has 3 N–H and O–H groups in total. The quantitative estimate of drug-likeness (QED) is 0.453. The Bertz CT molecular complexity index is 633. The summed E-state index contributed by atoms with van der Waals surface area (Å²) in [5.74, 6) is -1.12. The molecular weight excluding hydrogens is 272 g/mol. The Morgan fingerprint density at radius 2 is 2.17 bits per heavy atom. The van der Waals surface area contributed by atoms with Gasteiger partial charge in [0.05, 0.1) is 0 Å². The lowest BCUT2D eigenvalue weighted by atomic mass is 10.1. The number of nitrogens with one attached hydrogen (secondary N) is 2. The maximum atomic E-state index is 11.1. The molecule has 92 valence electrons. The minimum Gasteiger partial charge on any atom is -0.476 e. The summed E-state index contributed by atoms with van der Waals surface area (Å²) in [7, 11) is 0. The lowest BCUT2D eigenvalue weighted by Crippen LogP contribution is -2.16. The van der Waals surface area contributed by atoms with Gasteiger partial charge in [-0.2, -0.15) is 5.10 Å². The van der Waals surface area contributed by atoms with Gasteiger partial charge in [0, 0.05) is 5.56 Å². The molecule has 0 aliphatic rings. The fourth-order valence-electron chi connectivity index (χ4n) is 1.21. The third kappa shape index (κ3) is 2.99. The van der Waals surface area contributed by atoms with E-state index in [4.69, 9.17) is 17.3 Å². The van der Waals surface area contributed by atoms with Crippen molar-refractivity contribution in [2.75, 3.05) is 5.43 Å². The number of carboxylic acid groups (broad SMARTS) is 1. The van der Waals surface area contributed by atoms with E-state index in [1.54, 1.807) is 30.3 Å². The third-order valence-corrected chi connectivity index (χ3v) is 2.95. The van der Waals surface area contributed by atoms with Gasteiger partial charge in [-0.1, -0.05) is 41.7 Å². The van der Waals surface area contributed by atoms with Gasteiger partial charge in [-0.15, -0.1) is 5.10 Å². The number of nitrogens with zero attached hydrogens (tertiary/aromatic N) is 2. The van der Waals surface area contributed by atoms with Crippen molar-refractivity contribution >= 4 is 40.4 Å². The summed E-state index contributed by atoms with van der Waals surface area (Å²) in [6.07, 6.45) is 0. The number of rotatable bonds is 4. The second-order valence-electron chi connectivity index (χ2n) is 3.16. The van der Waals surface area contributed by atoms with E-state index in [0.29, 0.717) is 14.6 Å². The molecule has 6 nitrogen and oxygen atoms in total. The number of hydrazone groups is 1. The zero-order valence-corrected chi connectivity index (χ0v) is 10.6. The van der Waals surface area contributed by atoms with Crippen molar-refractivity contribution in [1.29, 1.82) is 0 Å². The summed E-state index contributed by atoms with van der Waals surface area (Å²) in [6.45, 7) is 0. The van der Waals surface area contributed by atoms with Crippen LogP contribution in [-0.2, 0) is 4.79 Å². The number of anilines is 1. The second kappa shape index (κ2) is 5.52. The van der Waals surface area contributed by atoms with Crippen molar-refractivity contribution in [3.05, 3.63) is 39.8 Å². The SMILES string of the molecule is O=C(O)/C(=N\Nc1n[nH]c(=S)s1)c1ccccc1. The van der Waals surface area contributed by atoms with Crippen molar-refractivity contribution < 1.29 is 9.90 Å². The van der Waals surface area contributed by atoms with Crippen LogP contribution in [0.25, 0.3) is 0 Å². The van der Waals surface area contributed by atoms with E-state index in [1.165, 1.54) is 11.3 Å². The molecular formula is C10H8N4O2S2. The summed E-state index contributed by atoms with van der Waals surface area (Å²) < 4.78 is 0.490. The molecule has 18 heavy (non-hydrogen) atoms. The van der Waals surface area contributed by atoms with E-state index in [0.717, 1.165) is 0 Å². The van der Waals surface area contributed by atoms with Gasteiger partial charge in [-0.25, -0.2) is 4.79 Å². The molecule has 0 bridgehead atoms. The average Bonchev–Trinajstić information content (AvgIpc) is 2.76. The minimum atomic E-state index is -1.12. The highest BCUT2D eigenvalue weighted by molar-refractivity contribution is 7.73. The molecule has 0 unspecified atom stereocenters. The molecule has 0 amide bonds. The molecule has 1 heterocycles. The summed E-state index contributed by atoms with van der Waals surface area (Å²) in [5.41, 5.74) is 2.99. The highest BCUT2D eigenvalue weighted by Gasteiger charge is 2.12. The van der Waals surface area contributed by atoms with Gasteiger partial charge >= 0.3 is 5.97 Å². The smallest absolute Gasteiger partial charge is 0.356 e. The summed E-state index contributed by atoms with van der Waals surface area (Å²) >= 11 is 6.03. The summed E-state index contributed by atoms with van der Waals surface area (Å²) in [6, 6.07) is 8.62. The van der Waals surface area contributed by atoms with Gasteiger partial charge in [-0.3, -0.25) is 10.5 Å². The molecule has 0 aliphatic heterocycles. The molecule has 0 fully saturated rings. The lowest BCUT2D eigenvalue weighted by molar-refractivity contribution is -0.129. The first-order valence-corrected chi connectivity index (χ1v) is 6.07. The topological polar surface area (TPSA) is 90.4 Å². The van der Waals surface area contributed by atoms with Crippen LogP contribution in [0.1, 0.15) is 5.56 Å². The molecule has 0 aliphatic carbocycles. The summed E-state index contributed by atoms with van der Waals surface area (Å²) in [4.78, 5) is 11.1. The number of aromatic amines is 1. The lowest BCUT2D eigenvalue weighted by Gasteiger charge is -2.01. The molecule has 2 rings (SSSR count). The van der Waals surface area contributed by atoms with Gasteiger partial charge < -0.3 is 5.11 Å². The number of aliphatic carboxylic acids is 1. The fourth-order valence-corrected chi connectivity index (χ4v) is 1.95. The highest BCUT2D eigenvalue weighted by Crippen LogP contribution is 2.11. The molecule has 1 aromatic heterocycles. The Hall–Kier alpha value is -2.06. The largest absolute Gasteiger partial charge is 0.476 e. The Labute approximate surface area is 111 Å². The maximum absolute atomic E-state index is 11.1. The van der Waals surface area contributed by atoms with E-state index < -0.39 is 5.97 Å². The predicted octanol–water partition coefficient (Wildman–Crippen LogP) is 2.10. The molecule has 0 saturated carbocycles. The van der Waals surface area contributed by atoms with E-state index in [9.17, 15) is 4.79 Å². The van der Waals surface area contributed by atoms with Crippen molar-refractivity contribution in [3.63, 3.8) is 0 Å². The molecule has 1 aromatic carbocycles. The number of hydrogen-bond donors (Lipinski definition) is 3. The minimum absolute atomic E-state index is 0.0864. The molecule has 0 spiro atoms. The first kappa shape index (κ1) is 12.4. The number of carbonyl (C=O) groups is 1. The molecule has 0 atom stereocenters. The molecule has 0 saturated heterocycles. The van der Waals surface area contributed by atoms with Crippen molar-refractivity contribution in [3.8, 4) is 0 Å². The fraction of sp³-hybridized carbons (Fsp3) is 0. The normalized spacial score (nSPS) is 11.2. The Morgan fingerprint density at radius 3 is 2.72 bits per heavy atom. The zero-order chi connectivity index (χ0) is 13.0. The zero-order valence-electron chi connectivity index (χ0n) is 8.95. The third-order valence-electron chi connectivity index (χ3n) is 1.95. The number of benzene rings is 1. The van der Waals surface area contributed by atoms with Crippen molar-refractivity contribution in [2.24, 2.45) is 5.10 Å². The van der Waals surface area contributed by atoms with Crippen molar-refractivity contribution in [2.45, 2.75) is 0 Å². The van der Waals surface area contributed by atoms with E-state index in [1.807, 2.05) is 0 Å². The standard InChI is InChI=1S/C10H8N4O2S2/c15-8(16)7(6-4-2-1-3-5-6)11-12-9-13-14-10(17)18-9/h1-5H,(H,12,13)(H,14,17)(H,15,16)/b11-7-. The predicted molar refractivity (Wildman–Crippen MR) is 71.5 cm³/mol. The van der Waals surface area contributed by atoms with Crippen LogP contribution >= 0.6 is 23.6 Å². The van der Waals surface area contributed by atoms with Crippen LogP contribution in [-0.4, -0.2) is 27.0 Å². The number of H-pyrrole nitrogens is 1. The van der Waals surface area contributed by atoms with Crippen LogP contribution in [0.15, 0.2) is 35.4 Å². The van der Waals surface area contributed by atoms with Crippen LogP contribution in [0.4, 0.5) is 5.13 Å². The van der Waals surface area contributed by atoms with Crippen molar-refractivity contribution in [1.82, 2.24) is 10.2 Å². The first-order valence-electron chi connectivity index (χ1n) is 4.85. The van der Waals surface area contributed by atoms with E-state index in [-0.39, 0.29) is 5.71 Å². The molecule has 0 radical (unpaired) electrons. The van der Waals surface area contributed by atoms with Gasteiger partial charge in [0.2, 0.25) is 5.13 Å². The van der Waals surface area contributed by atoms with Crippen LogP contribution in [0.3, 0.4) is 0 Å². The Balaban J connectivity index is 2.26. The number of aromatic nitrogens is 2.